The fraction of sp³-hybridized carbons (Fsp3) is 0.439. The Morgan fingerprint density at radius 3 is 1.96 bits per heavy atom. The van der Waals surface area contributed by atoms with E-state index in [9.17, 15) is 23.1 Å². The lowest BCUT2D eigenvalue weighted by Gasteiger charge is -2.18. The maximum atomic E-state index is 13.7. The van der Waals surface area contributed by atoms with Crippen molar-refractivity contribution in [1.82, 2.24) is 9.78 Å². The predicted octanol–water partition coefficient (Wildman–Crippen LogP) is 12.3. The van der Waals surface area contributed by atoms with Gasteiger partial charge in [-0.3, -0.25) is 9.59 Å². The van der Waals surface area contributed by atoms with Gasteiger partial charge in [-0.05, 0) is 55.2 Å². The van der Waals surface area contributed by atoms with Crippen LogP contribution in [0.5, 0.6) is 5.75 Å². The van der Waals surface area contributed by atoms with E-state index in [1.54, 1.807) is 19.1 Å². The van der Waals surface area contributed by atoms with Crippen LogP contribution in [0.1, 0.15) is 120 Å². The molecule has 0 fully saturated rings. The highest BCUT2D eigenvalue weighted by Gasteiger charge is 2.33. The van der Waals surface area contributed by atoms with Crippen LogP contribution in [-0.2, 0) is 21.1 Å². The van der Waals surface area contributed by atoms with Gasteiger partial charge in [0.1, 0.15) is 11.0 Å². The van der Waals surface area contributed by atoms with Gasteiger partial charge in [-0.25, -0.2) is 13.1 Å². The minimum atomic E-state index is -4.06. The van der Waals surface area contributed by atoms with Crippen molar-refractivity contribution in [3.05, 3.63) is 92.1 Å². The standard InChI is InChI=1S/C41H50Cl4N4O5S/c1-3-5-6-7-8-9-10-11-12-13-14-15-16-18-28-19-17-20-31(21-28)55(53,54)38(4-2)41(52)47-35-25-37(50)36(24-32(35)42)48-40(51)29-26-46-49(27-29)30-22-33(43)39(45)34(44)23-30/h17,19-27,38,50H,3-16,18H2,1-2H3,(H,47,52)(H,48,51). The number of unbranched alkanes of at least 4 members (excludes halogenated alkanes) is 12. The van der Waals surface area contributed by atoms with Crippen molar-refractivity contribution >= 4 is 79.4 Å². The first-order chi connectivity index (χ1) is 26.3. The first-order valence-electron chi connectivity index (χ1n) is 19.0. The normalized spacial score (nSPS) is 12.1. The molecule has 14 heteroatoms. The summed E-state index contributed by atoms with van der Waals surface area (Å²) in [7, 11) is -4.06. The molecule has 0 aliphatic heterocycles. The molecule has 1 atom stereocenters. The summed E-state index contributed by atoms with van der Waals surface area (Å²) in [6.45, 7) is 3.87. The Bertz CT molecular complexity index is 2000. The number of aryl methyl sites for hydroxylation is 1. The number of phenols is 1. The van der Waals surface area contributed by atoms with Crippen molar-refractivity contribution in [2.45, 2.75) is 120 Å². The van der Waals surface area contributed by atoms with E-state index < -0.39 is 32.7 Å². The number of aromatic hydroxyl groups is 1. The molecule has 1 heterocycles. The molecule has 1 unspecified atom stereocenters. The first-order valence-corrected chi connectivity index (χ1v) is 22.1. The second-order valence-electron chi connectivity index (χ2n) is 13.8. The van der Waals surface area contributed by atoms with Crippen LogP contribution in [0.3, 0.4) is 0 Å². The van der Waals surface area contributed by atoms with Crippen LogP contribution in [0.2, 0.25) is 20.1 Å². The Morgan fingerprint density at radius 2 is 1.36 bits per heavy atom. The van der Waals surface area contributed by atoms with Gasteiger partial charge in [0.15, 0.2) is 9.84 Å². The molecule has 0 saturated heterocycles. The van der Waals surface area contributed by atoms with Crippen molar-refractivity contribution in [2.24, 2.45) is 0 Å². The number of carbonyl (C=O) groups is 2. The van der Waals surface area contributed by atoms with Gasteiger partial charge in [0.05, 0.1) is 53.8 Å². The summed E-state index contributed by atoms with van der Waals surface area (Å²) < 4.78 is 28.8. The van der Waals surface area contributed by atoms with E-state index in [0.29, 0.717) is 5.69 Å². The quantitative estimate of drug-likeness (QED) is 0.0410. The van der Waals surface area contributed by atoms with Gasteiger partial charge in [-0.1, -0.05) is 149 Å². The Balaban J connectivity index is 1.29. The number of carbonyl (C=O) groups excluding carboxylic acids is 2. The van der Waals surface area contributed by atoms with Gasteiger partial charge in [-0.15, -0.1) is 0 Å². The van der Waals surface area contributed by atoms with Gasteiger partial charge in [-0.2, -0.15) is 5.10 Å². The summed E-state index contributed by atoms with van der Waals surface area (Å²) >= 11 is 24.7. The van der Waals surface area contributed by atoms with Crippen LogP contribution in [-0.4, -0.2) is 40.4 Å². The molecule has 0 aliphatic carbocycles. The van der Waals surface area contributed by atoms with Crippen LogP contribution in [0.4, 0.5) is 11.4 Å². The van der Waals surface area contributed by atoms with E-state index in [-0.39, 0.29) is 48.3 Å². The second kappa shape index (κ2) is 21.9. The van der Waals surface area contributed by atoms with Crippen molar-refractivity contribution in [1.29, 1.82) is 0 Å². The molecule has 4 aromatic rings. The number of nitrogens with zero attached hydrogens (tertiary/aromatic N) is 2. The van der Waals surface area contributed by atoms with Crippen molar-refractivity contribution in [3.8, 4) is 11.4 Å². The molecule has 0 aliphatic rings. The average Bonchev–Trinajstić information content (AvgIpc) is 3.65. The highest BCUT2D eigenvalue weighted by molar-refractivity contribution is 7.92. The molecule has 0 bridgehead atoms. The number of rotatable bonds is 22. The van der Waals surface area contributed by atoms with Gasteiger partial charge in [0.2, 0.25) is 5.91 Å². The number of nitrogens with one attached hydrogen (secondary N) is 2. The smallest absolute Gasteiger partial charge is 0.258 e. The Morgan fingerprint density at radius 1 is 0.764 bits per heavy atom. The van der Waals surface area contributed by atoms with Gasteiger partial charge < -0.3 is 15.7 Å². The van der Waals surface area contributed by atoms with Crippen molar-refractivity contribution < 1.29 is 23.1 Å². The molecule has 2 amide bonds. The molecule has 4 rings (SSSR count). The van der Waals surface area contributed by atoms with Crippen LogP contribution in [0, 0.1) is 0 Å². The third-order valence-corrected chi connectivity index (χ3v) is 13.2. The SMILES string of the molecule is CCCCCCCCCCCCCCCc1cccc(S(=O)(=O)C(CC)C(=O)Nc2cc(O)c(NC(=O)c3cnn(-c4cc(Cl)c(Cl)c(Cl)c4)c3)cc2Cl)c1. The maximum Gasteiger partial charge on any atom is 0.258 e. The highest BCUT2D eigenvalue weighted by Crippen LogP contribution is 2.35. The zero-order valence-corrected chi connectivity index (χ0v) is 35.2. The third-order valence-electron chi connectivity index (χ3n) is 9.50. The predicted molar refractivity (Wildman–Crippen MR) is 225 cm³/mol. The lowest BCUT2D eigenvalue weighted by molar-refractivity contribution is -0.115. The molecule has 3 N–H and O–H groups in total. The number of halogens is 4. The Kier molecular flexibility index (Phi) is 17.7. The summed E-state index contributed by atoms with van der Waals surface area (Å²) in [5.74, 6) is -1.82. The molecule has 0 saturated carbocycles. The molecule has 55 heavy (non-hydrogen) atoms. The van der Waals surface area contributed by atoms with E-state index >= 15 is 0 Å². The topological polar surface area (TPSA) is 130 Å². The summed E-state index contributed by atoms with van der Waals surface area (Å²) in [6, 6.07) is 12.3. The highest BCUT2D eigenvalue weighted by atomic mass is 35.5. The lowest BCUT2D eigenvalue weighted by Crippen LogP contribution is -2.34. The van der Waals surface area contributed by atoms with Crippen molar-refractivity contribution in [3.63, 3.8) is 0 Å². The summed E-state index contributed by atoms with van der Waals surface area (Å²) in [4.78, 5) is 26.5. The maximum absolute atomic E-state index is 13.7. The summed E-state index contributed by atoms with van der Waals surface area (Å²) in [6.07, 6.45) is 19.9. The molecular formula is C41H50Cl4N4O5S. The zero-order chi connectivity index (χ0) is 40.0. The minimum absolute atomic E-state index is 0.0110. The molecule has 3 aromatic carbocycles. The van der Waals surface area contributed by atoms with E-state index in [1.165, 1.54) is 112 Å². The Hall–Kier alpha value is -3.28. The summed E-state index contributed by atoms with van der Waals surface area (Å²) in [5, 5.41) is 19.2. The third kappa shape index (κ3) is 12.9. The fourth-order valence-corrected chi connectivity index (χ4v) is 8.84. The number of aromatic nitrogens is 2. The minimum Gasteiger partial charge on any atom is -0.506 e. The number of amides is 2. The molecule has 298 valence electrons. The van der Waals surface area contributed by atoms with Crippen LogP contribution >= 0.6 is 46.4 Å². The monoisotopic (exact) mass is 850 g/mol. The number of anilines is 2. The number of sulfone groups is 1. The van der Waals surface area contributed by atoms with Crippen LogP contribution in [0.15, 0.2) is 65.8 Å². The van der Waals surface area contributed by atoms with E-state index in [2.05, 4.69) is 22.7 Å². The number of benzene rings is 3. The molecule has 0 spiro atoms. The summed E-state index contributed by atoms with van der Waals surface area (Å²) in [5.41, 5.74) is 1.46. The molecule has 1 aromatic heterocycles. The van der Waals surface area contributed by atoms with Gasteiger partial charge in [0, 0.05) is 12.3 Å². The fourth-order valence-electron chi connectivity index (χ4n) is 6.36. The zero-order valence-electron chi connectivity index (χ0n) is 31.4. The average molecular weight is 853 g/mol. The second-order valence-corrected chi connectivity index (χ2v) is 17.5. The first kappa shape index (κ1) is 44.4. The van der Waals surface area contributed by atoms with Crippen molar-refractivity contribution in [2.75, 3.05) is 10.6 Å². The van der Waals surface area contributed by atoms with E-state index in [1.807, 2.05) is 6.07 Å². The molecule has 0 radical (unpaired) electrons. The Labute approximate surface area is 345 Å². The van der Waals surface area contributed by atoms with Crippen LogP contribution < -0.4 is 10.6 Å². The molecular weight excluding hydrogens is 802 g/mol. The van der Waals surface area contributed by atoms with Crippen LogP contribution in [0.25, 0.3) is 5.69 Å². The number of hydrogen-bond donors (Lipinski definition) is 3. The van der Waals surface area contributed by atoms with Gasteiger partial charge >= 0.3 is 0 Å². The lowest BCUT2D eigenvalue weighted by atomic mass is 10.0. The largest absolute Gasteiger partial charge is 0.506 e. The van der Waals surface area contributed by atoms with E-state index in [0.717, 1.165) is 30.9 Å². The molecule has 9 nitrogen and oxygen atoms in total. The number of hydrogen-bond acceptors (Lipinski definition) is 6. The number of phenolic OH excluding ortho intramolecular Hbond substituents is 1. The van der Waals surface area contributed by atoms with E-state index in [4.69, 9.17) is 46.4 Å². The van der Waals surface area contributed by atoms with Gasteiger partial charge in [0.25, 0.3) is 5.91 Å².